The number of rotatable bonds is 6. The second-order valence-electron chi connectivity index (χ2n) is 3.72. The maximum absolute atomic E-state index is 11.5. The zero-order valence-corrected chi connectivity index (χ0v) is 11.5. The lowest BCUT2D eigenvalue weighted by Gasteiger charge is -2.14. The van der Waals surface area contributed by atoms with Crippen LogP contribution in [0.2, 0.25) is 10.0 Å². The Balaban J connectivity index is 2.44. The van der Waals surface area contributed by atoms with Gasteiger partial charge in [0, 0.05) is 6.07 Å². The molecule has 4 nitrogen and oxygen atoms in total. The summed E-state index contributed by atoms with van der Waals surface area (Å²) >= 11 is 11.6. The lowest BCUT2D eigenvalue weighted by Crippen LogP contribution is -2.39. The molecule has 1 aromatic carbocycles. The molecule has 0 aromatic heterocycles. The van der Waals surface area contributed by atoms with E-state index in [1.807, 2.05) is 6.92 Å². The number of hydrogen-bond donors (Lipinski definition) is 2. The van der Waals surface area contributed by atoms with Crippen molar-refractivity contribution >= 4 is 29.1 Å². The van der Waals surface area contributed by atoms with Gasteiger partial charge >= 0.3 is 0 Å². The van der Waals surface area contributed by atoms with Crippen molar-refractivity contribution in [3.63, 3.8) is 0 Å². The van der Waals surface area contributed by atoms with Crippen LogP contribution in [-0.2, 0) is 4.79 Å². The molecule has 0 saturated heterocycles. The van der Waals surface area contributed by atoms with Gasteiger partial charge in [-0.05, 0) is 18.6 Å². The Bertz CT molecular complexity index is 408. The molecule has 0 spiro atoms. The first-order valence-electron chi connectivity index (χ1n) is 5.54. The quantitative estimate of drug-likeness (QED) is 0.845. The third-order valence-corrected chi connectivity index (χ3v) is 3.08. The number of ether oxygens (including phenoxy) is 1. The van der Waals surface area contributed by atoms with Crippen molar-refractivity contribution in [1.29, 1.82) is 0 Å². The number of nitrogens with one attached hydrogen (secondary N) is 1. The molecule has 6 heteroatoms. The molecule has 0 saturated carbocycles. The maximum Gasteiger partial charge on any atom is 0.258 e. The molecular formula is C12H15Cl2NO3. The van der Waals surface area contributed by atoms with Crippen molar-refractivity contribution in [3.05, 3.63) is 28.2 Å². The molecule has 0 aliphatic heterocycles. The summed E-state index contributed by atoms with van der Waals surface area (Å²) in [5, 5.41) is 12.4. The molecule has 18 heavy (non-hydrogen) atoms. The number of benzene rings is 1. The summed E-state index contributed by atoms with van der Waals surface area (Å²) in [5.74, 6) is 0.179. The van der Waals surface area contributed by atoms with Gasteiger partial charge < -0.3 is 15.2 Å². The number of carbonyl (C=O) groups excluding carboxylic acids is 1. The van der Waals surface area contributed by atoms with Crippen molar-refractivity contribution in [3.8, 4) is 5.75 Å². The second kappa shape index (κ2) is 7.46. The standard InChI is InChI=1S/C12H15Cl2NO3/c1-2-8(6-16)15-12(17)7-18-9-3-4-10(13)11(14)5-9/h3-5,8,16H,2,6-7H2,1H3,(H,15,17)/t8-/m1/s1. The smallest absolute Gasteiger partial charge is 0.258 e. The number of halogens is 2. The predicted octanol–water partition coefficient (Wildman–Crippen LogP) is 2.26. The van der Waals surface area contributed by atoms with Crippen LogP contribution in [0.4, 0.5) is 0 Å². The van der Waals surface area contributed by atoms with Crippen LogP contribution in [-0.4, -0.2) is 30.3 Å². The van der Waals surface area contributed by atoms with E-state index in [2.05, 4.69) is 5.32 Å². The van der Waals surface area contributed by atoms with Crippen LogP contribution in [0.15, 0.2) is 18.2 Å². The Morgan fingerprint density at radius 2 is 2.17 bits per heavy atom. The summed E-state index contributed by atoms with van der Waals surface area (Å²) in [7, 11) is 0. The molecule has 1 aromatic rings. The number of amides is 1. The van der Waals surface area contributed by atoms with E-state index in [1.165, 1.54) is 0 Å². The molecule has 1 atom stereocenters. The molecule has 1 rings (SSSR count). The van der Waals surface area contributed by atoms with Crippen LogP contribution in [0.5, 0.6) is 5.75 Å². The summed E-state index contributed by atoms with van der Waals surface area (Å²) < 4.78 is 5.26. The Hall–Kier alpha value is -0.970. The van der Waals surface area contributed by atoms with Gasteiger partial charge in [-0.2, -0.15) is 0 Å². The fourth-order valence-corrected chi connectivity index (χ4v) is 1.55. The monoisotopic (exact) mass is 291 g/mol. The minimum atomic E-state index is -0.290. The molecule has 0 radical (unpaired) electrons. The highest BCUT2D eigenvalue weighted by atomic mass is 35.5. The summed E-state index contributed by atoms with van der Waals surface area (Å²) in [6.07, 6.45) is 0.662. The molecule has 2 N–H and O–H groups in total. The van der Waals surface area contributed by atoms with Crippen LogP contribution in [0.25, 0.3) is 0 Å². The molecule has 0 aliphatic rings. The van der Waals surface area contributed by atoms with Crippen molar-refractivity contribution in [1.82, 2.24) is 5.32 Å². The fourth-order valence-electron chi connectivity index (χ4n) is 1.26. The zero-order valence-electron chi connectivity index (χ0n) is 9.95. The highest BCUT2D eigenvalue weighted by Crippen LogP contribution is 2.26. The van der Waals surface area contributed by atoms with Gasteiger partial charge in [-0.25, -0.2) is 0 Å². The summed E-state index contributed by atoms with van der Waals surface area (Å²) in [6, 6.07) is 4.53. The lowest BCUT2D eigenvalue weighted by molar-refractivity contribution is -0.124. The van der Waals surface area contributed by atoms with E-state index >= 15 is 0 Å². The van der Waals surface area contributed by atoms with Crippen LogP contribution in [0, 0.1) is 0 Å². The molecule has 1 amide bonds. The Morgan fingerprint density at radius 1 is 1.44 bits per heavy atom. The van der Waals surface area contributed by atoms with Gasteiger partial charge in [0.15, 0.2) is 6.61 Å². The zero-order chi connectivity index (χ0) is 13.5. The molecular weight excluding hydrogens is 277 g/mol. The first-order valence-corrected chi connectivity index (χ1v) is 6.30. The largest absolute Gasteiger partial charge is 0.484 e. The van der Waals surface area contributed by atoms with Crippen LogP contribution < -0.4 is 10.1 Å². The average molecular weight is 292 g/mol. The van der Waals surface area contributed by atoms with E-state index in [4.69, 9.17) is 33.0 Å². The van der Waals surface area contributed by atoms with E-state index in [0.29, 0.717) is 22.2 Å². The molecule has 0 bridgehead atoms. The fraction of sp³-hybridized carbons (Fsp3) is 0.417. The second-order valence-corrected chi connectivity index (χ2v) is 4.53. The van der Waals surface area contributed by atoms with Crippen LogP contribution in [0.3, 0.4) is 0 Å². The average Bonchev–Trinajstić information content (AvgIpc) is 2.37. The first-order chi connectivity index (χ1) is 8.56. The molecule has 0 heterocycles. The van der Waals surface area contributed by atoms with E-state index in [0.717, 1.165) is 0 Å². The van der Waals surface area contributed by atoms with Gasteiger partial charge in [0.2, 0.25) is 0 Å². The number of aliphatic hydroxyl groups is 1. The number of carbonyl (C=O) groups is 1. The van der Waals surface area contributed by atoms with Crippen molar-refractivity contribution in [2.75, 3.05) is 13.2 Å². The van der Waals surface area contributed by atoms with E-state index in [-0.39, 0.29) is 25.2 Å². The minimum absolute atomic E-state index is 0.0883. The number of aliphatic hydroxyl groups excluding tert-OH is 1. The molecule has 100 valence electrons. The van der Waals surface area contributed by atoms with Crippen molar-refractivity contribution in [2.24, 2.45) is 0 Å². The minimum Gasteiger partial charge on any atom is -0.484 e. The highest BCUT2D eigenvalue weighted by Gasteiger charge is 2.10. The third kappa shape index (κ3) is 4.72. The maximum atomic E-state index is 11.5. The van der Waals surface area contributed by atoms with Gasteiger partial charge in [0.25, 0.3) is 5.91 Å². The van der Waals surface area contributed by atoms with Gasteiger partial charge in [-0.1, -0.05) is 30.1 Å². The van der Waals surface area contributed by atoms with Gasteiger partial charge in [0.05, 0.1) is 22.7 Å². The SMILES string of the molecule is CC[C@H](CO)NC(=O)COc1ccc(Cl)c(Cl)c1. The Morgan fingerprint density at radius 3 is 2.72 bits per heavy atom. The first kappa shape index (κ1) is 15.1. The molecule has 0 aliphatic carbocycles. The van der Waals surface area contributed by atoms with Crippen LogP contribution >= 0.6 is 23.2 Å². The number of hydrogen-bond acceptors (Lipinski definition) is 3. The van der Waals surface area contributed by atoms with E-state index in [9.17, 15) is 4.79 Å². The van der Waals surface area contributed by atoms with Gasteiger partial charge in [0.1, 0.15) is 5.75 Å². The molecule has 0 unspecified atom stereocenters. The summed E-state index contributed by atoms with van der Waals surface area (Å²) in [6.45, 7) is 1.66. The Labute approximate surface area is 116 Å². The van der Waals surface area contributed by atoms with Crippen molar-refractivity contribution in [2.45, 2.75) is 19.4 Å². The highest BCUT2D eigenvalue weighted by molar-refractivity contribution is 6.42. The normalized spacial score (nSPS) is 12.0. The summed E-state index contributed by atoms with van der Waals surface area (Å²) in [5.41, 5.74) is 0. The topological polar surface area (TPSA) is 58.6 Å². The molecule has 0 fully saturated rings. The van der Waals surface area contributed by atoms with Gasteiger partial charge in [-0.3, -0.25) is 4.79 Å². The van der Waals surface area contributed by atoms with E-state index in [1.54, 1.807) is 18.2 Å². The summed E-state index contributed by atoms with van der Waals surface area (Å²) in [4.78, 5) is 11.5. The van der Waals surface area contributed by atoms with Gasteiger partial charge in [-0.15, -0.1) is 0 Å². The Kier molecular flexibility index (Phi) is 6.25. The lowest BCUT2D eigenvalue weighted by atomic mass is 10.2. The predicted molar refractivity (Wildman–Crippen MR) is 71.3 cm³/mol. The van der Waals surface area contributed by atoms with Crippen LogP contribution in [0.1, 0.15) is 13.3 Å². The third-order valence-electron chi connectivity index (χ3n) is 2.34. The van der Waals surface area contributed by atoms with Crippen molar-refractivity contribution < 1.29 is 14.6 Å². The van der Waals surface area contributed by atoms with E-state index < -0.39 is 0 Å².